The van der Waals surface area contributed by atoms with Gasteiger partial charge in [0, 0.05) is 24.7 Å². The third-order valence-corrected chi connectivity index (χ3v) is 6.83. The zero-order valence-corrected chi connectivity index (χ0v) is 13.9. The smallest absolute Gasteiger partial charge is 0.228 e. The molecule has 1 aliphatic heterocycles. The fourth-order valence-electron chi connectivity index (χ4n) is 3.45. The van der Waals surface area contributed by atoms with E-state index in [0.717, 1.165) is 6.42 Å². The van der Waals surface area contributed by atoms with E-state index in [9.17, 15) is 17.6 Å². The van der Waals surface area contributed by atoms with E-state index in [-0.39, 0.29) is 23.0 Å². The number of carbonyl (C=O) groups excluding carboxylic acids is 1. The summed E-state index contributed by atoms with van der Waals surface area (Å²) in [7, 11) is -3.20. The van der Waals surface area contributed by atoms with Crippen molar-refractivity contribution in [1.29, 1.82) is 0 Å². The van der Waals surface area contributed by atoms with E-state index in [0.29, 0.717) is 31.6 Å². The summed E-state index contributed by atoms with van der Waals surface area (Å²) >= 11 is 0. The van der Waals surface area contributed by atoms with Crippen molar-refractivity contribution < 1.29 is 17.6 Å². The average Bonchev–Trinajstić information content (AvgIpc) is 2.98. The highest BCUT2D eigenvalue weighted by atomic mass is 32.2. The van der Waals surface area contributed by atoms with Gasteiger partial charge in [0.15, 0.2) is 0 Å². The number of hydrogen-bond acceptors (Lipinski definition) is 3. The maximum atomic E-state index is 13.2. The van der Waals surface area contributed by atoms with Crippen LogP contribution in [0.15, 0.2) is 24.3 Å². The second kappa shape index (κ2) is 5.87. The van der Waals surface area contributed by atoms with Crippen LogP contribution in [0.4, 0.5) is 10.1 Å². The Hall–Kier alpha value is -1.47. The molecule has 1 aromatic rings. The number of rotatable bonds is 5. The Kier molecular flexibility index (Phi) is 4.18. The van der Waals surface area contributed by atoms with Crippen molar-refractivity contribution in [2.24, 2.45) is 11.3 Å². The number of hydrogen-bond donors (Lipinski definition) is 1. The van der Waals surface area contributed by atoms with Crippen LogP contribution < -0.4 is 5.32 Å². The Balaban J connectivity index is 1.62. The summed E-state index contributed by atoms with van der Waals surface area (Å²) in [5, 5.41) is 2.73. The van der Waals surface area contributed by atoms with Crippen LogP contribution in [0.25, 0.3) is 0 Å². The minimum Gasteiger partial charge on any atom is -0.326 e. The summed E-state index contributed by atoms with van der Waals surface area (Å²) < 4.78 is 39.0. The second-order valence-electron chi connectivity index (χ2n) is 6.52. The van der Waals surface area contributed by atoms with Gasteiger partial charge in [-0.2, -0.15) is 0 Å². The molecule has 126 valence electrons. The van der Waals surface area contributed by atoms with E-state index >= 15 is 0 Å². The molecule has 3 rings (SSSR count). The van der Waals surface area contributed by atoms with Gasteiger partial charge in [-0.15, -0.1) is 0 Å². The predicted octanol–water partition coefficient (Wildman–Crippen LogP) is 2.22. The minimum absolute atomic E-state index is 0.148. The minimum atomic E-state index is -3.20. The maximum absolute atomic E-state index is 13.2. The van der Waals surface area contributed by atoms with Gasteiger partial charge < -0.3 is 5.32 Å². The van der Waals surface area contributed by atoms with Crippen LogP contribution in [-0.4, -0.2) is 37.5 Å². The molecule has 7 heteroatoms. The topological polar surface area (TPSA) is 66.5 Å². The van der Waals surface area contributed by atoms with Crippen LogP contribution in [0.5, 0.6) is 0 Å². The lowest BCUT2D eigenvalue weighted by Gasteiger charge is -2.16. The Morgan fingerprint density at radius 1 is 1.48 bits per heavy atom. The van der Waals surface area contributed by atoms with Crippen LogP contribution in [0.1, 0.15) is 26.2 Å². The van der Waals surface area contributed by atoms with Gasteiger partial charge in [0.25, 0.3) is 0 Å². The highest BCUT2D eigenvalue weighted by Crippen LogP contribution is 2.59. The van der Waals surface area contributed by atoms with E-state index < -0.39 is 15.8 Å². The standard InChI is InChI=1S/C16H21FN2O3S/c1-2-8-23(21,22)19-7-6-16(11-19)10-14(16)15(20)18-13-5-3-4-12(17)9-13/h3-5,9,14H,2,6-8,10-11H2,1H3,(H,18,20)/t14-,16-/m0/s1. The van der Waals surface area contributed by atoms with Gasteiger partial charge in [0.05, 0.1) is 5.75 Å². The first-order valence-corrected chi connectivity index (χ1v) is 9.51. The molecule has 2 aliphatic rings. The zero-order valence-electron chi connectivity index (χ0n) is 13.1. The van der Waals surface area contributed by atoms with Gasteiger partial charge >= 0.3 is 0 Å². The molecule has 1 saturated carbocycles. The van der Waals surface area contributed by atoms with Crippen molar-refractivity contribution in [3.63, 3.8) is 0 Å². The average molecular weight is 340 g/mol. The molecule has 5 nitrogen and oxygen atoms in total. The Bertz CT molecular complexity index is 722. The van der Waals surface area contributed by atoms with Crippen molar-refractivity contribution >= 4 is 21.6 Å². The molecular weight excluding hydrogens is 319 g/mol. The molecule has 1 saturated heterocycles. The van der Waals surface area contributed by atoms with E-state index in [2.05, 4.69) is 5.32 Å². The molecule has 2 atom stereocenters. The predicted molar refractivity (Wildman–Crippen MR) is 85.8 cm³/mol. The van der Waals surface area contributed by atoms with Crippen LogP contribution in [0.3, 0.4) is 0 Å². The lowest BCUT2D eigenvalue weighted by atomic mass is 10.0. The number of anilines is 1. The molecular formula is C16H21FN2O3S. The summed E-state index contributed by atoms with van der Waals surface area (Å²) in [6.45, 7) is 2.76. The molecule has 1 aromatic carbocycles. The summed E-state index contributed by atoms with van der Waals surface area (Å²) in [4.78, 5) is 12.3. The van der Waals surface area contributed by atoms with Crippen molar-refractivity contribution in [1.82, 2.24) is 4.31 Å². The van der Waals surface area contributed by atoms with Gasteiger partial charge in [-0.05, 0) is 42.9 Å². The lowest BCUT2D eigenvalue weighted by molar-refractivity contribution is -0.118. The molecule has 0 radical (unpaired) electrons. The summed E-state index contributed by atoms with van der Waals surface area (Å²) in [5.74, 6) is -0.576. The van der Waals surface area contributed by atoms with Crippen molar-refractivity contribution in [3.05, 3.63) is 30.1 Å². The van der Waals surface area contributed by atoms with Gasteiger partial charge in [0.2, 0.25) is 15.9 Å². The van der Waals surface area contributed by atoms with Crippen molar-refractivity contribution in [2.45, 2.75) is 26.2 Å². The number of carbonyl (C=O) groups is 1. The highest BCUT2D eigenvalue weighted by molar-refractivity contribution is 7.89. The molecule has 1 spiro atoms. The third-order valence-electron chi connectivity index (χ3n) is 4.80. The first kappa shape index (κ1) is 16.4. The SMILES string of the molecule is CCCS(=O)(=O)N1CC[C@]2(C[C@H]2C(=O)Nc2cccc(F)c2)C1. The Morgan fingerprint density at radius 3 is 2.96 bits per heavy atom. The Labute approximate surface area is 135 Å². The lowest BCUT2D eigenvalue weighted by Crippen LogP contribution is -2.31. The second-order valence-corrected chi connectivity index (χ2v) is 8.61. The van der Waals surface area contributed by atoms with Gasteiger partial charge in [-0.1, -0.05) is 13.0 Å². The molecule has 1 amide bonds. The molecule has 23 heavy (non-hydrogen) atoms. The van der Waals surface area contributed by atoms with Crippen LogP contribution in [-0.2, 0) is 14.8 Å². The normalized spacial score (nSPS) is 27.3. The van der Waals surface area contributed by atoms with Crippen LogP contribution >= 0.6 is 0 Å². The van der Waals surface area contributed by atoms with Crippen LogP contribution in [0, 0.1) is 17.2 Å². The zero-order chi connectivity index (χ0) is 16.7. The molecule has 1 heterocycles. The van der Waals surface area contributed by atoms with Gasteiger partial charge in [0.1, 0.15) is 5.82 Å². The number of nitrogens with zero attached hydrogens (tertiary/aromatic N) is 1. The number of halogens is 1. The molecule has 0 unspecified atom stereocenters. The molecule has 2 fully saturated rings. The number of nitrogens with one attached hydrogen (secondary N) is 1. The van der Waals surface area contributed by atoms with Crippen molar-refractivity contribution in [2.75, 3.05) is 24.2 Å². The number of benzene rings is 1. The molecule has 0 bridgehead atoms. The molecule has 0 aromatic heterocycles. The monoisotopic (exact) mass is 340 g/mol. The van der Waals surface area contributed by atoms with Crippen molar-refractivity contribution in [3.8, 4) is 0 Å². The van der Waals surface area contributed by atoms with E-state index in [1.54, 1.807) is 12.1 Å². The first-order chi connectivity index (χ1) is 10.9. The summed E-state index contributed by atoms with van der Waals surface area (Å²) in [6, 6.07) is 5.78. The van der Waals surface area contributed by atoms with Gasteiger partial charge in [-0.3, -0.25) is 4.79 Å². The largest absolute Gasteiger partial charge is 0.326 e. The summed E-state index contributed by atoms with van der Waals surface area (Å²) in [5.41, 5.74) is 0.212. The first-order valence-electron chi connectivity index (χ1n) is 7.90. The Morgan fingerprint density at radius 2 is 2.26 bits per heavy atom. The number of amides is 1. The highest BCUT2D eigenvalue weighted by Gasteiger charge is 2.61. The summed E-state index contributed by atoms with van der Waals surface area (Å²) in [6.07, 6.45) is 2.01. The fraction of sp³-hybridized carbons (Fsp3) is 0.562. The number of sulfonamides is 1. The van der Waals surface area contributed by atoms with E-state index in [1.165, 1.54) is 16.4 Å². The van der Waals surface area contributed by atoms with E-state index in [1.807, 2.05) is 6.92 Å². The maximum Gasteiger partial charge on any atom is 0.228 e. The van der Waals surface area contributed by atoms with Gasteiger partial charge in [-0.25, -0.2) is 17.1 Å². The quantitative estimate of drug-likeness (QED) is 0.894. The fourth-order valence-corrected chi connectivity index (χ4v) is 5.04. The van der Waals surface area contributed by atoms with E-state index in [4.69, 9.17) is 0 Å². The molecule has 1 aliphatic carbocycles. The van der Waals surface area contributed by atoms with Crippen LogP contribution in [0.2, 0.25) is 0 Å². The molecule has 1 N–H and O–H groups in total. The third kappa shape index (κ3) is 3.26.